The summed E-state index contributed by atoms with van der Waals surface area (Å²) in [5, 5.41) is 54.5. The van der Waals surface area contributed by atoms with E-state index in [1.807, 2.05) is 6.08 Å². The largest absolute Gasteiger partial charge is 0.394 e. The van der Waals surface area contributed by atoms with Crippen molar-refractivity contribution >= 4 is 5.91 Å². The number of nitrogens with one attached hydrogen (secondary N) is 1. The Morgan fingerprint density at radius 2 is 0.855 bits per heavy atom. The lowest BCUT2D eigenvalue weighted by Crippen LogP contribution is -2.60. The van der Waals surface area contributed by atoms with Gasteiger partial charge in [-0.15, -0.1) is 0 Å². The molecule has 1 heterocycles. The molecule has 1 rings (SSSR count). The lowest BCUT2D eigenvalue weighted by atomic mass is 9.99. The fourth-order valence-electron chi connectivity index (χ4n) is 9.22. The van der Waals surface area contributed by atoms with Crippen LogP contribution in [0, 0.1) is 0 Å². The first-order valence-electron chi connectivity index (χ1n) is 29.4. The number of hydrogen-bond acceptors (Lipinski definition) is 8. The normalized spacial score (nSPS) is 19.8. The van der Waals surface area contributed by atoms with Gasteiger partial charge in [0.2, 0.25) is 5.91 Å². The molecule has 7 unspecified atom stereocenters. The van der Waals surface area contributed by atoms with Crippen molar-refractivity contribution in [2.75, 3.05) is 13.2 Å². The molecule has 0 bridgehead atoms. The minimum atomic E-state index is -1.57. The van der Waals surface area contributed by atoms with Crippen molar-refractivity contribution in [3.8, 4) is 0 Å². The molecule has 9 nitrogen and oxygen atoms in total. The van der Waals surface area contributed by atoms with Crippen LogP contribution in [0.4, 0.5) is 0 Å². The van der Waals surface area contributed by atoms with E-state index in [0.29, 0.717) is 6.42 Å². The van der Waals surface area contributed by atoms with E-state index in [1.54, 1.807) is 6.08 Å². The molecule has 0 aromatic rings. The van der Waals surface area contributed by atoms with E-state index < -0.39 is 49.5 Å². The van der Waals surface area contributed by atoms with Crippen molar-refractivity contribution in [1.29, 1.82) is 0 Å². The molecule has 0 radical (unpaired) electrons. The third-order valence-electron chi connectivity index (χ3n) is 13.9. The molecule has 0 saturated carbocycles. The molecule has 1 saturated heterocycles. The first kappa shape index (κ1) is 65.2. The van der Waals surface area contributed by atoms with Crippen molar-refractivity contribution in [3.05, 3.63) is 48.6 Å². The topological polar surface area (TPSA) is 149 Å². The zero-order valence-electron chi connectivity index (χ0n) is 44.8. The molecular formula is C60H111NO8. The minimum Gasteiger partial charge on any atom is -0.394 e. The molecule has 69 heavy (non-hydrogen) atoms. The van der Waals surface area contributed by atoms with Gasteiger partial charge in [-0.25, -0.2) is 0 Å². The summed E-state index contributed by atoms with van der Waals surface area (Å²) in [5.41, 5.74) is 0. The van der Waals surface area contributed by atoms with Crippen LogP contribution < -0.4 is 5.32 Å². The van der Waals surface area contributed by atoms with Gasteiger partial charge in [-0.1, -0.05) is 255 Å². The van der Waals surface area contributed by atoms with Crippen LogP contribution in [0.25, 0.3) is 0 Å². The molecule has 7 atom stereocenters. The monoisotopic (exact) mass is 974 g/mol. The van der Waals surface area contributed by atoms with Crippen molar-refractivity contribution in [3.63, 3.8) is 0 Å². The van der Waals surface area contributed by atoms with Gasteiger partial charge in [0.25, 0.3) is 0 Å². The fraction of sp³-hybridized carbons (Fsp3) is 0.850. The van der Waals surface area contributed by atoms with Gasteiger partial charge in [0.1, 0.15) is 24.4 Å². The lowest BCUT2D eigenvalue weighted by molar-refractivity contribution is -0.302. The second-order valence-corrected chi connectivity index (χ2v) is 20.4. The Bertz CT molecular complexity index is 1220. The highest BCUT2D eigenvalue weighted by atomic mass is 16.7. The third kappa shape index (κ3) is 39.4. The molecule has 0 aliphatic carbocycles. The summed E-state index contributed by atoms with van der Waals surface area (Å²) in [6.07, 6.45) is 58.8. The van der Waals surface area contributed by atoms with Crippen LogP contribution in [-0.2, 0) is 14.3 Å². The summed E-state index contributed by atoms with van der Waals surface area (Å²) < 4.78 is 11.3. The van der Waals surface area contributed by atoms with Gasteiger partial charge in [-0.05, 0) is 57.8 Å². The number of aliphatic hydroxyl groups excluding tert-OH is 5. The van der Waals surface area contributed by atoms with Crippen molar-refractivity contribution in [2.24, 2.45) is 0 Å². The smallest absolute Gasteiger partial charge is 0.220 e. The number of allylic oxidation sites excluding steroid dienone is 7. The highest BCUT2D eigenvalue weighted by Gasteiger charge is 2.44. The molecule has 9 heteroatoms. The number of carbonyl (C=O) groups is 1. The average molecular weight is 975 g/mol. The van der Waals surface area contributed by atoms with Crippen molar-refractivity contribution < 1.29 is 39.8 Å². The van der Waals surface area contributed by atoms with Gasteiger partial charge >= 0.3 is 0 Å². The predicted molar refractivity (Wildman–Crippen MR) is 290 cm³/mol. The maximum absolute atomic E-state index is 13.1. The summed E-state index contributed by atoms with van der Waals surface area (Å²) in [4.78, 5) is 13.1. The van der Waals surface area contributed by atoms with Crippen molar-refractivity contribution in [2.45, 2.75) is 314 Å². The summed E-state index contributed by atoms with van der Waals surface area (Å²) in [6.45, 7) is 3.79. The molecular weight excluding hydrogens is 863 g/mol. The first-order valence-corrected chi connectivity index (χ1v) is 29.4. The SMILES string of the molecule is CCCCCCC/C=C\C/C=C\C/C=C\CCCCCCCCCCCCC(=O)NC(COC1OC(CO)C(O)C(O)C1O)C(O)/C=C/CCCCCCCCCCCCCCCCCCCCC. The number of ether oxygens (including phenoxy) is 2. The van der Waals surface area contributed by atoms with Gasteiger partial charge in [-0.2, -0.15) is 0 Å². The van der Waals surface area contributed by atoms with Crippen LogP contribution in [0.3, 0.4) is 0 Å². The number of unbranched alkanes of at least 4 members (excludes halogenated alkanes) is 34. The Kier molecular flexibility index (Phi) is 47.0. The lowest BCUT2D eigenvalue weighted by Gasteiger charge is -2.40. The van der Waals surface area contributed by atoms with Gasteiger partial charge in [0, 0.05) is 6.42 Å². The van der Waals surface area contributed by atoms with E-state index in [2.05, 4.69) is 55.6 Å². The molecule has 0 aromatic heterocycles. The standard InChI is InChI=1S/C60H111NO8/c1-3-5-7-9-11-13-15-17-19-21-23-25-26-27-28-30-32-34-36-38-40-42-44-46-48-50-56(64)61-53(52-68-60-59(67)58(66)57(65)55(51-62)69-60)54(63)49-47-45-43-41-39-37-35-33-31-29-24-22-20-18-16-14-12-10-8-6-4-2/h15,17,21,23,26-27,47,49,53-55,57-60,62-63,65-67H,3-14,16,18-20,22,24-25,28-46,48,50-52H2,1-2H3,(H,61,64)/b17-15-,23-21-,27-26-,49-47+. The van der Waals surface area contributed by atoms with Gasteiger partial charge in [0.05, 0.1) is 25.4 Å². The Labute approximate surface area is 424 Å². The zero-order chi connectivity index (χ0) is 50.1. The average Bonchev–Trinajstić information content (AvgIpc) is 3.35. The Morgan fingerprint density at radius 1 is 0.493 bits per heavy atom. The quantitative estimate of drug-likeness (QED) is 0.0261. The summed E-state index contributed by atoms with van der Waals surface area (Å²) in [5.74, 6) is -0.179. The fourth-order valence-corrected chi connectivity index (χ4v) is 9.22. The van der Waals surface area contributed by atoms with E-state index in [9.17, 15) is 30.3 Å². The maximum atomic E-state index is 13.1. The number of carbonyl (C=O) groups excluding carboxylic acids is 1. The van der Waals surface area contributed by atoms with E-state index in [1.165, 1.54) is 199 Å². The summed E-state index contributed by atoms with van der Waals surface area (Å²) in [6, 6.07) is -0.809. The second kappa shape index (κ2) is 49.7. The zero-order valence-corrected chi connectivity index (χ0v) is 44.8. The highest BCUT2D eigenvalue weighted by Crippen LogP contribution is 2.23. The number of hydrogen-bond donors (Lipinski definition) is 6. The molecule has 0 spiro atoms. The molecule has 1 amide bonds. The predicted octanol–water partition coefficient (Wildman–Crippen LogP) is 14.5. The molecule has 1 fully saturated rings. The van der Waals surface area contributed by atoms with Crippen molar-refractivity contribution in [1.82, 2.24) is 5.32 Å². The van der Waals surface area contributed by atoms with Crippen LogP contribution in [0.1, 0.15) is 271 Å². The van der Waals surface area contributed by atoms with E-state index in [4.69, 9.17) is 9.47 Å². The Balaban J connectivity index is 2.23. The van der Waals surface area contributed by atoms with Gasteiger partial charge in [-0.3, -0.25) is 4.79 Å². The van der Waals surface area contributed by atoms with E-state index >= 15 is 0 Å². The molecule has 1 aliphatic heterocycles. The number of rotatable bonds is 50. The van der Waals surface area contributed by atoms with Gasteiger partial charge in [0.15, 0.2) is 6.29 Å². The number of aliphatic hydroxyl groups is 5. The minimum absolute atomic E-state index is 0.179. The Hall–Kier alpha value is -1.85. The van der Waals surface area contributed by atoms with E-state index in [0.717, 1.165) is 51.4 Å². The molecule has 1 aliphatic rings. The Morgan fingerprint density at radius 3 is 1.26 bits per heavy atom. The maximum Gasteiger partial charge on any atom is 0.220 e. The van der Waals surface area contributed by atoms with Crippen LogP contribution in [0.15, 0.2) is 48.6 Å². The van der Waals surface area contributed by atoms with E-state index in [-0.39, 0.29) is 12.5 Å². The van der Waals surface area contributed by atoms with Gasteiger partial charge < -0.3 is 40.3 Å². The molecule has 6 N–H and O–H groups in total. The third-order valence-corrected chi connectivity index (χ3v) is 13.9. The van der Waals surface area contributed by atoms with Crippen LogP contribution in [0.2, 0.25) is 0 Å². The highest BCUT2D eigenvalue weighted by molar-refractivity contribution is 5.76. The number of amides is 1. The second-order valence-electron chi connectivity index (χ2n) is 20.4. The first-order chi connectivity index (χ1) is 33.8. The van der Waals surface area contributed by atoms with Crippen LogP contribution in [-0.4, -0.2) is 87.5 Å². The van der Waals surface area contributed by atoms with Crippen LogP contribution in [0.5, 0.6) is 0 Å². The molecule has 0 aromatic carbocycles. The van der Waals surface area contributed by atoms with Crippen LogP contribution >= 0.6 is 0 Å². The summed E-state index contributed by atoms with van der Waals surface area (Å²) in [7, 11) is 0. The molecule has 404 valence electrons. The summed E-state index contributed by atoms with van der Waals surface area (Å²) >= 11 is 0.